The molecule has 6 unspecified atom stereocenters. The minimum Gasteiger partial charge on any atom is -0.462 e. The Hall–Kier alpha value is -6.09. The van der Waals surface area contributed by atoms with Crippen molar-refractivity contribution >= 4 is 61.0 Å². The van der Waals surface area contributed by atoms with E-state index < -0.39 is 22.9 Å². The van der Waals surface area contributed by atoms with Crippen LogP contribution in [0.4, 0.5) is 0 Å². The van der Waals surface area contributed by atoms with Crippen LogP contribution in [-0.4, -0.2) is 61.6 Å². The van der Waals surface area contributed by atoms with Gasteiger partial charge >= 0.3 is 17.9 Å². The van der Waals surface area contributed by atoms with Crippen LogP contribution in [0.25, 0.3) is 43.1 Å². The van der Waals surface area contributed by atoms with Gasteiger partial charge in [0.25, 0.3) is 0 Å². The fraction of sp³-hybridized carbons (Fsp3) is 0.431. The Bertz CT molecular complexity index is 2720. The van der Waals surface area contributed by atoms with Gasteiger partial charge in [0.1, 0.15) is 32.0 Å². The Morgan fingerprint density at radius 3 is 1.32 bits per heavy atom. The van der Waals surface area contributed by atoms with Gasteiger partial charge in [0.05, 0.1) is 23.0 Å². The third kappa shape index (κ3) is 17.0. The standard InChI is InChI=1S/C36H36O5.C21H26O3.8CH4/c1-4-36(3,21-24(2)26-18-17-25-11-5-6-12-27(25)19-26)35(39)41-23-30(37)22-40-34(38)33-31-15-9-7-13-28(31)20-29-14-8-10-16-32(29)33;1-4-21(3,20(22)24-14-19-13-23-19)12-15(2)17-10-9-16-7-5-6-8-18(16)11-17;;;;;;;;/h5-20,24,30,37H,4,21-23H2,1-3H3;5-11,15,19H,4,12-14H2,1-3H3;8*1H4. The SMILES string of the molecule is C.C.C.C.C.C.C.C.CCC(C)(CC(C)c1ccc2ccccc2c1)C(=O)OCC(O)COC(=O)c1c2ccccc2cc2ccccc12.CCC(C)(CC(C)c1ccc2ccccc2c1)C(=O)OCC1CO1. The molecule has 1 aliphatic heterocycles. The summed E-state index contributed by atoms with van der Waals surface area (Å²) in [5.74, 6) is -0.556. The smallest absolute Gasteiger partial charge is 0.339 e. The van der Waals surface area contributed by atoms with Crippen molar-refractivity contribution in [2.45, 2.75) is 151 Å². The number of hydrogen-bond acceptors (Lipinski definition) is 8. The molecule has 1 heterocycles. The number of epoxide rings is 1. The number of rotatable bonds is 17. The van der Waals surface area contributed by atoms with Crippen LogP contribution in [0.1, 0.15) is 160 Å². The van der Waals surface area contributed by atoms with Gasteiger partial charge in [0.2, 0.25) is 0 Å². The number of aliphatic hydroxyl groups is 1. The fourth-order valence-electron chi connectivity index (χ4n) is 8.74. The maximum Gasteiger partial charge on any atom is 0.339 e. The summed E-state index contributed by atoms with van der Waals surface area (Å²) in [6.45, 7) is 12.8. The third-order valence-electron chi connectivity index (χ3n) is 13.3. The number of carbonyl (C=O) groups excluding carboxylic acids is 3. The first-order valence-corrected chi connectivity index (χ1v) is 23.0. The van der Waals surface area contributed by atoms with Crippen molar-refractivity contribution < 1.29 is 38.4 Å². The highest BCUT2D eigenvalue weighted by atomic mass is 16.6. The summed E-state index contributed by atoms with van der Waals surface area (Å²) in [6.07, 6.45) is 1.75. The average Bonchev–Trinajstić information content (AvgIpc) is 4.17. The van der Waals surface area contributed by atoms with E-state index in [1.54, 1.807) is 0 Å². The molecular weight excluding hydrogens is 909 g/mol. The molecule has 8 rings (SSSR count). The highest BCUT2D eigenvalue weighted by molar-refractivity contribution is 6.16. The molecule has 0 bridgehead atoms. The molecule has 8 heteroatoms. The third-order valence-corrected chi connectivity index (χ3v) is 13.3. The quantitative estimate of drug-likeness (QED) is 0.0416. The van der Waals surface area contributed by atoms with Crippen LogP contribution in [0.15, 0.2) is 140 Å². The monoisotopic (exact) mass is 1000 g/mol. The number of carbonyl (C=O) groups is 3. The van der Waals surface area contributed by atoms with Crippen LogP contribution in [0.3, 0.4) is 0 Å². The molecule has 1 saturated heterocycles. The summed E-state index contributed by atoms with van der Waals surface area (Å²) in [5, 5.41) is 18.9. The maximum atomic E-state index is 13.2. The zero-order chi connectivity index (χ0) is 46.1. The topological polar surface area (TPSA) is 112 Å². The van der Waals surface area contributed by atoms with E-state index in [2.05, 4.69) is 93.6 Å². The van der Waals surface area contributed by atoms with Crippen molar-refractivity contribution in [3.8, 4) is 0 Å². The molecule has 0 saturated carbocycles. The lowest BCUT2D eigenvalue weighted by Gasteiger charge is -2.29. The van der Waals surface area contributed by atoms with Crippen molar-refractivity contribution in [2.24, 2.45) is 10.8 Å². The maximum absolute atomic E-state index is 13.2. The zero-order valence-corrected chi connectivity index (χ0v) is 38.6. The molecule has 0 aliphatic carbocycles. The van der Waals surface area contributed by atoms with Crippen LogP contribution in [0.5, 0.6) is 0 Å². The first-order chi connectivity index (χ1) is 31.3. The highest BCUT2D eigenvalue weighted by Gasteiger charge is 2.37. The molecular formula is C65H94O8. The second-order valence-electron chi connectivity index (χ2n) is 18.4. The van der Waals surface area contributed by atoms with Gasteiger partial charge in [-0.25, -0.2) is 4.79 Å². The predicted octanol–water partition coefficient (Wildman–Crippen LogP) is 17.6. The number of hydrogen-bond donors (Lipinski definition) is 1. The van der Waals surface area contributed by atoms with Crippen molar-refractivity contribution in [2.75, 3.05) is 26.4 Å². The van der Waals surface area contributed by atoms with Crippen LogP contribution in [-0.2, 0) is 28.5 Å². The van der Waals surface area contributed by atoms with E-state index in [0.29, 0.717) is 37.5 Å². The van der Waals surface area contributed by atoms with Gasteiger partial charge in [0, 0.05) is 0 Å². The lowest BCUT2D eigenvalue weighted by atomic mass is 9.77. The van der Waals surface area contributed by atoms with E-state index >= 15 is 0 Å². The van der Waals surface area contributed by atoms with E-state index in [4.69, 9.17) is 18.9 Å². The van der Waals surface area contributed by atoms with E-state index in [1.807, 2.05) is 87.5 Å². The van der Waals surface area contributed by atoms with Crippen molar-refractivity contribution in [1.82, 2.24) is 0 Å². The Morgan fingerprint density at radius 2 is 0.904 bits per heavy atom. The lowest BCUT2D eigenvalue weighted by Crippen LogP contribution is -2.34. The number of ether oxygens (including phenoxy) is 4. The van der Waals surface area contributed by atoms with Gasteiger partial charge in [-0.3, -0.25) is 9.59 Å². The molecule has 1 fully saturated rings. The molecule has 402 valence electrons. The van der Waals surface area contributed by atoms with E-state index in [0.717, 1.165) is 34.4 Å². The Labute approximate surface area is 441 Å². The van der Waals surface area contributed by atoms with E-state index in [9.17, 15) is 19.5 Å². The molecule has 0 amide bonds. The van der Waals surface area contributed by atoms with Gasteiger partial charge < -0.3 is 24.1 Å². The Kier molecular flexibility index (Phi) is 29.1. The molecule has 7 aromatic carbocycles. The fourth-order valence-corrected chi connectivity index (χ4v) is 8.74. The van der Waals surface area contributed by atoms with E-state index in [1.165, 1.54) is 32.7 Å². The Morgan fingerprint density at radius 1 is 0.534 bits per heavy atom. The number of fused-ring (bicyclic) bond motifs is 4. The molecule has 0 radical (unpaired) electrons. The van der Waals surface area contributed by atoms with Gasteiger partial charge in [-0.15, -0.1) is 0 Å². The molecule has 1 aliphatic rings. The van der Waals surface area contributed by atoms with Crippen LogP contribution in [0.2, 0.25) is 0 Å². The minimum atomic E-state index is -1.14. The van der Waals surface area contributed by atoms with Crippen molar-refractivity contribution in [3.63, 3.8) is 0 Å². The van der Waals surface area contributed by atoms with Gasteiger partial charge in [-0.05, 0) is 112 Å². The Balaban J connectivity index is 0. The molecule has 73 heavy (non-hydrogen) atoms. The molecule has 7 aromatic rings. The van der Waals surface area contributed by atoms with Crippen LogP contribution < -0.4 is 0 Å². The minimum absolute atomic E-state index is 0. The summed E-state index contributed by atoms with van der Waals surface area (Å²) in [7, 11) is 0. The van der Waals surface area contributed by atoms with Crippen molar-refractivity contribution in [3.05, 3.63) is 156 Å². The molecule has 6 atom stereocenters. The predicted molar refractivity (Wildman–Crippen MR) is 314 cm³/mol. The van der Waals surface area contributed by atoms with Gasteiger partial charge in [-0.1, -0.05) is 221 Å². The highest BCUT2D eigenvalue weighted by Crippen LogP contribution is 2.38. The summed E-state index contributed by atoms with van der Waals surface area (Å²) in [4.78, 5) is 38.9. The number of esters is 3. The summed E-state index contributed by atoms with van der Waals surface area (Å²) in [5.41, 5.74) is 1.73. The van der Waals surface area contributed by atoms with Crippen LogP contribution >= 0.6 is 0 Å². The zero-order valence-electron chi connectivity index (χ0n) is 38.6. The normalized spacial score (nSPS) is 14.8. The van der Waals surface area contributed by atoms with E-state index in [-0.39, 0.29) is 96.6 Å². The molecule has 0 aromatic heterocycles. The second kappa shape index (κ2) is 30.8. The number of aliphatic hydroxyl groups excluding tert-OH is 1. The first kappa shape index (κ1) is 69.0. The van der Waals surface area contributed by atoms with Crippen molar-refractivity contribution in [1.29, 1.82) is 0 Å². The summed E-state index contributed by atoms with van der Waals surface area (Å²) >= 11 is 0. The molecule has 8 nitrogen and oxygen atoms in total. The summed E-state index contributed by atoms with van der Waals surface area (Å²) < 4.78 is 21.7. The molecule has 1 N–H and O–H groups in total. The lowest BCUT2D eigenvalue weighted by molar-refractivity contribution is -0.159. The van der Waals surface area contributed by atoms with Gasteiger partial charge in [0.15, 0.2) is 0 Å². The second-order valence-corrected chi connectivity index (χ2v) is 18.4. The average molecular weight is 1000 g/mol. The largest absolute Gasteiger partial charge is 0.462 e. The summed E-state index contributed by atoms with van der Waals surface area (Å²) in [6, 6.07) is 46.9. The first-order valence-electron chi connectivity index (χ1n) is 23.0. The molecule has 0 spiro atoms. The van der Waals surface area contributed by atoms with Crippen LogP contribution in [0, 0.1) is 10.8 Å². The van der Waals surface area contributed by atoms with Gasteiger partial charge in [-0.2, -0.15) is 0 Å². The number of benzene rings is 7.